The molecule has 2 heterocycles. The summed E-state index contributed by atoms with van der Waals surface area (Å²) in [5.74, 6) is -1.46. The second-order valence-corrected chi connectivity index (χ2v) is 6.34. The van der Waals surface area contributed by atoms with E-state index in [1.807, 2.05) is 0 Å². The van der Waals surface area contributed by atoms with Crippen LogP contribution in [-0.2, 0) is 4.79 Å². The second kappa shape index (κ2) is 6.09. The van der Waals surface area contributed by atoms with Crippen LogP contribution in [0.15, 0.2) is 40.3 Å². The monoisotopic (exact) mass is 381 g/mol. The zero-order chi connectivity index (χ0) is 18.5. The highest BCUT2D eigenvalue weighted by Crippen LogP contribution is 2.40. The molecule has 0 fully saturated rings. The number of nitrogens with zero attached hydrogens (tertiary/aromatic N) is 2. The molecule has 0 bridgehead atoms. The van der Waals surface area contributed by atoms with Gasteiger partial charge in [0.05, 0.1) is 15.6 Å². The number of carbonyl (C=O) groups is 2. The summed E-state index contributed by atoms with van der Waals surface area (Å²) in [7, 11) is 0. The van der Waals surface area contributed by atoms with E-state index in [4.69, 9.17) is 23.2 Å². The fourth-order valence-electron chi connectivity index (χ4n) is 3.00. The van der Waals surface area contributed by atoms with Crippen LogP contribution in [0.1, 0.15) is 30.2 Å². The van der Waals surface area contributed by atoms with E-state index in [0.717, 1.165) is 4.68 Å². The van der Waals surface area contributed by atoms with E-state index in [-0.39, 0.29) is 15.6 Å². The van der Waals surface area contributed by atoms with Gasteiger partial charge in [-0.3, -0.25) is 9.59 Å². The predicted octanol–water partition coefficient (Wildman–Crippen LogP) is 2.99. The Kier molecular flexibility index (Phi) is 4.22. The Labute approximate surface area is 152 Å². The van der Waals surface area contributed by atoms with Crippen molar-refractivity contribution < 1.29 is 14.7 Å². The summed E-state index contributed by atoms with van der Waals surface area (Å²) in [6.07, 6.45) is 0. The number of allylic oxidation sites excluding steroid dienone is 1. The first kappa shape index (κ1) is 17.3. The maximum absolute atomic E-state index is 12.2. The fraction of sp³-hybridized carbons (Fsp3) is 0.188. The van der Waals surface area contributed by atoms with Crippen LogP contribution in [0.3, 0.4) is 0 Å². The molecular formula is C16H13Cl2N3O4. The number of fused-ring (bicyclic) bond motifs is 1. The summed E-state index contributed by atoms with van der Waals surface area (Å²) in [6, 6.07) is 5.04. The maximum atomic E-state index is 12.2. The van der Waals surface area contributed by atoms with Crippen LogP contribution in [0.25, 0.3) is 0 Å². The van der Waals surface area contributed by atoms with E-state index in [1.165, 1.54) is 17.7 Å². The van der Waals surface area contributed by atoms with Crippen molar-refractivity contribution in [2.24, 2.45) is 0 Å². The number of nitrogens with one attached hydrogen (secondary N) is 1. The molecule has 1 aromatic carbocycles. The number of anilines is 1. The van der Waals surface area contributed by atoms with Gasteiger partial charge in [-0.2, -0.15) is 4.68 Å². The van der Waals surface area contributed by atoms with Crippen molar-refractivity contribution in [2.75, 3.05) is 5.32 Å². The third kappa shape index (κ3) is 2.65. The van der Waals surface area contributed by atoms with Crippen LogP contribution in [0, 0.1) is 0 Å². The van der Waals surface area contributed by atoms with Gasteiger partial charge in [0.2, 0.25) is 5.91 Å². The molecule has 1 aromatic heterocycles. The van der Waals surface area contributed by atoms with E-state index >= 15 is 0 Å². The molecule has 0 saturated heterocycles. The molecule has 1 aliphatic rings. The number of carboxylic acid groups (broad SMARTS) is 1. The Balaban J connectivity index is 2.41. The van der Waals surface area contributed by atoms with E-state index < -0.39 is 23.5 Å². The molecule has 1 aliphatic heterocycles. The average molecular weight is 382 g/mol. The van der Waals surface area contributed by atoms with Crippen molar-refractivity contribution >= 4 is 40.9 Å². The lowest BCUT2D eigenvalue weighted by Gasteiger charge is -2.31. The summed E-state index contributed by atoms with van der Waals surface area (Å²) in [4.78, 5) is 36.1. The summed E-state index contributed by atoms with van der Waals surface area (Å²) >= 11 is 12.4. The Morgan fingerprint density at radius 2 is 1.96 bits per heavy atom. The minimum Gasteiger partial charge on any atom is -0.478 e. The lowest BCUT2D eigenvalue weighted by Crippen LogP contribution is -2.36. The number of halogens is 2. The van der Waals surface area contributed by atoms with Gasteiger partial charge >= 0.3 is 5.97 Å². The molecule has 0 saturated carbocycles. The van der Waals surface area contributed by atoms with Crippen LogP contribution in [0.2, 0.25) is 10.0 Å². The summed E-state index contributed by atoms with van der Waals surface area (Å²) in [5, 5.41) is 13.0. The zero-order valence-corrected chi connectivity index (χ0v) is 14.7. The van der Waals surface area contributed by atoms with Crippen LogP contribution in [0.5, 0.6) is 0 Å². The number of aromatic nitrogens is 2. The van der Waals surface area contributed by atoms with Gasteiger partial charge in [-0.15, -0.1) is 0 Å². The fourth-order valence-corrected chi connectivity index (χ4v) is 3.41. The Hall–Kier alpha value is -2.51. The molecule has 25 heavy (non-hydrogen) atoms. The lowest BCUT2D eigenvalue weighted by atomic mass is 9.95. The normalized spacial score (nSPS) is 16.4. The number of rotatable bonds is 2. The first-order chi connectivity index (χ1) is 11.7. The quantitative estimate of drug-likeness (QED) is 0.833. The topological polar surface area (TPSA) is 93.3 Å². The van der Waals surface area contributed by atoms with Crippen molar-refractivity contribution in [1.29, 1.82) is 0 Å². The van der Waals surface area contributed by atoms with Crippen molar-refractivity contribution in [2.45, 2.75) is 19.9 Å². The molecular weight excluding hydrogens is 369 g/mol. The summed E-state index contributed by atoms with van der Waals surface area (Å²) in [6.45, 7) is 2.80. The van der Waals surface area contributed by atoms with Crippen molar-refractivity contribution in [1.82, 2.24) is 9.36 Å². The number of hydrogen-bond donors (Lipinski definition) is 2. The number of aliphatic carboxylic acids is 1. The van der Waals surface area contributed by atoms with Gasteiger partial charge < -0.3 is 10.4 Å². The second-order valence-electron chi connectivity index (χ2n) is 5.56. The molecule has 0 spiro atoms. The number of carbonyl (C=O) groups excluding carboxylic acids is 1. The summed E-state index contributed by atoms with van der Waals surface area (Å²) < 4.78 is 2.16. The van der Waals surface area contributed by atoms with Gasteiger partial charge in [0.1, 0.15) is 11.9 Å². The molecule has 0 aliphatic carbocycles. The Morgan fingerprint density at radius 1 is 1.28 bits per heavy atom. The molecule has 1 atom stereocenters. The van der Waals surface area contributed by atoms with Gasteiger partial charge in [-0.05, 0) is 13.0 Å². The highest BCUT2D eigenvalue weighted by atomic mass is 35.5. The van der Waals surface area contributed by atoms with Crippen molar-refractivity contribution in [3.8, 4) is 0 Å². The predicted molar refractivity (Wildman–Crippen MR) is 93.6 cm³/mol. The zero-order valence-electron chi connectivity index (χ0n) is 13.2. The Morgan fingerprint density at radius 3 is 2.56 bits per heavy atom. The largest absolute Gasteiger partial charge is 0.478 e. The minimum absolute atomic E-state index is 0.0396. The highest BCUT2D eigenvalue weighted by Gasteiger charge is 2.36. The standard InChI is InChI=1S/C16H13Cl2N3O4/c1-7-13(16(24)25)15(9-4-3-5-10(17)14(9)18)21-11(19-7)6-12(23)20(21)8(2)22/h3-6,15,19H,1-2H3,(H,24,25). The van der Waals surface area contributed by atoms with Crippen molar-refractivity contribution in [3.05, 3.63) is 61.5 Å². The SMILES string of the molecule is CC(=O)n1c(=O)cc2n1C(c1cccc(Cl)c1Cl)C(C(=O)O)=C(C)N2. The van der Waals surface area contributed by atoms with E-state index in [0.29, 0.717) is 17.1 Å². The van der Waals surface area contributed by atoms with Gasteiger partial charge in [0.15, 0.2) is 0 Å². The highest BCUT2D eigenvalue weighted by molar-refractivity contribution is 6.42. The first-order valence-electron chi connectivity index (χ1n) is 7.24. The van der Waals surface area contributed by atoms with Crippen LogP contribution in [-0.4, -0.2) is 26.3 Å². The Bertz CT molecular complexity index is 1000. The van der Waals surface area contributed by atoms with Crippen molar-refractivity contribution in [3.63, 3.8) is 0 Å². The smallest absolute Gasteiger partial charge is 0.335 e. The van der Waals surface area contributed by atoms with E-state index in [9.17, 15) is 19.5 Å². The van der Waals surface area contributed by atoms with Gasteiger partial charge in [0, 0.05) is 24.3 Å². The third-order valence-corrected chi connectivity index (χ3v) is 4.81. The molecule has 0 amide bonds. The number of hydrogen-bond acceptors (Lipinski definition) is 4. The molecule has 1 unspecified atom stereocenters. The van der Waals surface area contributed by atoms with Gasteiger partial charge in [-0.1, -0.05) is 35.3 Å². The molecule has 7 nitrogen and oxygen atoms in total. The van der Waals surface area contributed by atoms with E-state index in [1.54, 1.807) is 25.1 Å². The molecule has 0 radical (unpaired) electrons. The molecule has 2 N–H and O–H groups in total. The van der Waals surface area contributed by atoms with E-state index in [2.05, 4.69) is 5.32 Å². The van der Waals surface area contributed by atoms with Gasteiger partial charge in [0.25, 0.3) is 5.56 Å². The summed E-state index contributed by atoms with van der Waals surface area (Å²) in [5.41, 5.74) is 0.105. The first-order valence-corrected chi connectivity index (χ1v) is 8.00. The average Bonchev–Trinajstić information content (AvgIpc) is 2.84. The van der Waals surface area contributed by atoms with Crippen LogP contribution >= 0.6 is 23.2 Å². The third-order valence-electron chi connectivity index (χ3n) is 3.97. The number of carboxylic acids is 1. The van der Waals surface area contributed by atoms with Gasteiger partial charge in [-0.25, -0.2) is 9.48 Å². The van der Waals surface area contributed by atoms with Crippen LogP contribution < -0.4 is 10.9 Å². The molecule has 3 rings (SSSR count). The maximum Gasteiger partial charge on any atom is 0.335 e. The number of benzene rings is 1. The molecule has 9 heteroatoms. The minimum atomic E-state index is -1.20. The van der Waals surface area contributed by atoms with Crippen LogP contribution in [0.4, 0.5) is 5.82 Å². The molecule has 130 valence electrons. The molecule has 2 aromatic rings. The lowest BCUT2D eigenvalue weighted by molar-refractivity contribution is -0.133.